The molecule has 0 saturated carbocycles. The Kier molecular flexibility index (Phi) is 3.68. The van der Waals surface area contributed by atoms with Crippen LogP contribution in [0.25, 0.3) is 0 Å². The lowest BCUT2D eigenvalue weighted by Crippen LogP contribution is -2.47. The van der Waals surface area contributed by atoms with Crippen LogP contribution in [0.15, 0.2) is 35.5 Å². The smallest absolute Gasteiger partial charge is 0.305 e. The van der Waals surface area contributed by atoms with Gasteiger partial charge in [-0.1, -0.05) is 44.6 Å². The third-order valence-electron chi connectivity index (χ3n) is 4.36. The standard InChI is InChI=1S/C16H22O3/c1-5-14(18)19-15-11(3)16(4)9-10(2)6-7-12(16)8-13(15)17/h6-9,11,13,15,17H,5H2,1-4H3/t11-,13-,15+,16+/m0/s1. The van der Waals surface area contributed by atoms with Gasteiger partial charge in [-0.15, -0.1) is 0 Å². The van der Waals surface area contributed by atoms with Crippen molar-refractivity contribution < 1.29 is 14.6 Å². The first-order valence-corrected chi connectivity index (χ1v) is 6.86. The first kappa shape index (κ1) is 14.1. The Bertz CT molecular complexity index is 472. The molecular weight excluding hydrogens is 240 g/mol. The maximum atomic E-state index is 11.5. The monoisotopic (exact) mass is 262 g/mol. The predicted octanol–water partition coefficient (Wildman–Crippen LogP) is 2.77. The quantitative estimate of drug-likeness (QED) is 0.778. The lowest BCUT2D eigenvalue weighted by Gasteiger charge is -2.45. The minimum Gasteiger partial charge on any atom is -0.459 e. The van der Waals surface area contributed by atoms with E-state index in [1.165, 1.54) is 5.57 Å². The van der Waals surface area contributed by atoms with Gasteiger partial charge in [-0.2, -0.15) is 0 Å². The van der Waals surface area contributed by atoms with Crippen molar-refractivity contribution in [2.75, 3.05) is 0 Å². The molecule has 0 aromatic heterocycles. The Morgan fingerprint density at radius 2 is 2.16 bits per heavy atom. The summed E-state index contributed by atoms with van der Waals surface area (Å²) >= 11 is 0. The van der Waals surface area contributed by atoms with Crippen LogP contribution in [0.5, 0.6) is 0 Å². The van der Waals surface area contributed by atoms with Crippen molar-refractivity contribution in [3.63, 3.8) is 0 Å². The third-order valence-corrected chi connectivity index (χ3v) is 4.36. The van der Waals surface area contributed by atoms with Crippen LogP contribution in [0.3, 0.4) is 0 Å². The number of allylic oxidation sites excluding steroid dienone is 5. The number of fused-ring (bicyclic) bond motifs is 1. The number of aliphatic hydroxyl groups is 1. The van der Waals surface area contributed by atoms with Crippen LogP contribution < -0.4 is 0 Å². The van der Waals surface area contributed by atoms with Gasteiger partial charge in [-0.25, -0.2) is 0 Å². The van der Waals surface area contributed by atoms with Crippen molar-refractivity contribution in [3.8, 4) is 0 Å². The van der Waals surface area contributed by atoms with Crippen LogP contribution in [0.1, 0.15) is 34.1 Å². The molecule has 0 saturated heterocycles. The van der Waals surface area contributed by atoms with E-state index in [0.717, 1.165) is 5.57 Å². The van der Waals surface area contributed by atoms with E-state index in [9.17, 15) is 9.90 Å². The van der Waals surface area contributed by atoms with Crippen molar-refractivity contribution in [2.45, 2.75) is 46.3 Å². The van der Waals surface area contributed by atoms with E-state index in [1.54, 1.807) is 6.92 Å². The van der Waals surface area contributed by atoms with E-state index >= 15 is 0 Å². The van der Waals surface area contributed by atoms with Gasteiger partial charge >= 0.3 is 5.97 Å². The molecule has 0 bridgehead atoms. The van der Waals surface area contributed by atoms with E-state index in [2.05, 4.69) is 19.9 Å². The molecule has 19 heavy (non-hydrogen) atoms. The van der Waals surface area contributed by atoms with Crippen LogP contribution in [0, 0.1) is 11.3 Å². The average Bonchev–Trinajstić information content (AvgIpc) is 2.36. The second-order valence-electron chi connectivity index (χ2n) is 5.71. The second kappa shape index (κ2) is 4.97. The molecule has 2 rings (SSSR count). The lowest BCUT2D eigenvalue weighted by molar-refractivity contribution is -0.159. The van der Waals surface area contributed by atoms with Gasteiger partial charge < -0.3 is 9.84 Å². The summed E-state index contributed by atoms with van der Waals surface area (Å²) in [6.45, 7) is 7.99. The van der Waals surface area contributed by atoms with E-state index < -0.39 is 12.2 Å². The summed E-state index contributed by atoms with van der Waals surface area (Å²) in [4.78, 5) is 11.5. The molecule has 0 aromatic carbocycles. The molecule has 2 aliphatic rings. The number of aliphatic hydroxyl groups excluding tert-OH is 1. The largest absolute Gasteiger partial charge is 0.459 e. The van der Waals surface area contributed by atoms with Gasteiger partial charge in [0.1, 0.15) is 12.2 Å². The van der Waals surface area contributed by atoms with Gasteiger partial charge in [0, 0.05) is 17.8 Å². The fourth-order valence-electron chi connectivity index (χ4n) is 2.96. The molecule has 3 heteroatoms. The molecule has 1 N–H and O–H groups in total. The number of ether oxygens (including phenoxy) is 1. The molecular formula is C16H22O3. The van der Waals surface area contributed by atoms with Crippen LogP contribution >= 0.6 is 0 Å². The molecule has 0 aromatic rings. The number of hydrogen-bond acceptors (Lipinski definition) is 3. The van der Waals surface area contributed by atoms with E-state index in [1.807, 2.05) is 25.2 Å². The predicted molar refractivity (Wildman–Crippen MR) is 74.4 cm³/mol. The summed E-state index contributed by atoms with van der Waals surface area (Å²) in [5.41, 5.74) is 2.11. The fraction of sp³-hybridized carbons (Fsp3) is 0.562. The normalized spacial score (nSPS) is 37.2. The highest BCUT2D eigenvalue weighted by atomic mass is 16.6. The molecule has 0 fully saturated rings. The lowest BCUT2D eigenvalue weighted by atomic mass is 9.63. The van der Waals surface area contributed by atoms with Gasteiger partial charge in [0.25, 0.3) is 0 Å². The fourth-order valence-corrected chi connectivity index (χ4v) is 2.96. The Hall–Kier alpha value is -1.35. The van der Waals surface area contributed by atoms with Gasteiger partial charge in [-0.3, -0.25) is 4.79 Å². The summed E-state index contributed by atoms with van der Waals surface area (Å²) in [7, 11) is 0. The molecule has 4 atom stereocenters. The number of rotatable bonds is 2. The zero-order chi connectivity index (χ0) is 14.2. The van der Waals surface area contributed by atoms with E-state index in [4.69, 9.17) is 4.74 Å². The van der Waals surface area contributed by atoms with Crippen LogP contribution in [-0.4, -0.2) is 23.3 Å². The maximum absolute atomic E-state index is 11.5. The molecule has 0 radical (unpaired) electrons. The Labute approximate surface area is 114 Å². The zero-order valence-electron chi connectivity index (χ0n) is 12.0. The molecule has 0 spiro atoms. The SMILES string of the molecule is CCC(=O)O[C@H]1[C@@H](O)C=C2C=CC(C)=C[C@]2(C)[C@H]1C. The van der Waals surface area contributed by atoms with Crippen LogP contribution in [0.4, 0.5) is 0 Å². The van der Waals surface area contributed by atoms with Crippen molar-refractivity contribution in [1.29, 1.82) is 0 Å². The number of carbonyl (C=O) groups is 1. The van der Waals surface area contributed by atoms with Gasteiger partial charge in [0.05, 0.1) is 0 Å². The van der Waals surface area contributed by atoms with E-state index in [0.29, 0.717) is 6.42 Å². The van der Waals surface area contributed by atoms with Crippen LogP contribution in [0.2, 0.25) is 0 Å². The molecule has 3 nitrogen and oxygen atoms in total. The van der Waals surface area contributed by atoms with Crippen molar-refractivity contribution in [1.82, 2.24) is 0 Å². The maximum Gasteiger partial charge on any atom is 0.305 e. The highest BCUT2D eigenvalue weighted by molar-refractivity contribution is 5.69. The Balaban J connectivity index is 2.35. The van der Waals surface area contributed by atoms with Crippen LogP contribution in [-0.2, 0) is 9.53 Å². The van der Waals surface area contributed by atoms with E-state index in [-0.39, 0.29) is 17.3 Å². The van der Waals surface area contributed by atoms with Gasteiger partial charge in [0.2, 0.25) is 0 Å². The van der Waals surface area contributed by atoms with Crippen molar-refractivity contribution in [3.05, 3.63) is 35.5 Å². The highest BCUT2D eigenvalue weighted by Crippen LogP contribution is 2.47. The topological polar surface area (TPSA) is 46.5 Å². The average molecular weight is 262 g/mol. The Morgan fingerprint density at radius 3 is 2.79 bits per heavy atom. The van der Waals surface area contributed by atoms with Gasteiger partial charge in [-0.05, 0) is 18.6 Å². The minimum atomic E-state index is -0.731. The third kappa shape index (κ3) is 2.39. The first-order valence-electron chi connectivity index (χ1n) is 6.86. The highest BCUT2D eigenvalue weighted by Gasteiger charge is 2.45. The second-order valence-corrected chi connectivity index (χ2v) is 5.71. The molecule has 2 aliphatic carbocycles. The van der Waals surface area contributed by atoms with Crippen molar-refractivity contribution in [2.24, 2.45) is 11.3 Å². The van der Waals surface area contributed by atoms with Gasteiger partial charge in [0.15, 0.2) is 0 Å². The summed E-state index contributed by atoms with van der Waals surface area (Å²) < 4.78 is 5.43. The van der Waals surface area contributed by atoms with Crippen molar-refractivity contribution >= 4 is 5.97 Å². The molecule has 0 amide bonds. The molecule has 0 heterocycles. The minimum absolute atomic E-state index is 0.0397. The molecule has 0 unspecified atom stereocenters. The molecule has 0 aliphatic heterocycles. The Morgan fingerprint density at radius 1 is 1.47 bits per heavy atom. The summed E-state index contributed by atoms with van der Waals surface area (Å²) in [5.74, 6) is -0.221. The summed E-state index contributed by atoms with van der Waals surface area (Å²) in [5, 5.41) is 10.2. The number of esters is 1. The molecule has 104 valence electrons. The zero-order valence-corrected chi connectivity index (χ0v) is 12.0. The number of hydrogen-bond donors (Lipinski definition) is 1. The summed E-state index contributed by atoms with van der Waals surface area (Å²) in [6.07, 6.45) is 7.23. The first-order chi connectivity index (χ1) is 8.88. The number of carbonyl (C=O) groups excluding carboxylic acids is 1. The summed E-state index contributed by atoms with van der Waals surface area (Å²) in [6, 6.07) is 0.